The first-order valence-electron chi connectivity index (χ1n) is 7.04. The molecule has 0 bridgehead atoms. The fourth-order valence-corrected chi connectivity index (χ4v) is 1.97. The zero-order valence-corrected chi connectivity index (χ0v) is 12.9. The Morgan fingerprint density at radius 2 is 1.86 bits per heavy atom. The summed E-state index contributed by atoms with van der Waals surface area (Å²) in [7, 11) is 0. The van der Waals surface area contributed by atoms with Crippen LogP contribution in [0.5, 0.6) is 5.75 Å². The molecule has 0 fully saturated rings. The summed E-state index contributed by atoms with van der Waals surface area (Å²) in [6.07, 6.45) is -0.632. The van der Waals surface area contributed by atoms with E-state index in [4.69, 9.17) is 10.00 Å². The molecule has 0 spiro atoms. The van der Waals surface area contributed by atoms with Gasteiger partial charge in [-0.2, -0.15) is 5.26 Å². The lowest BCUT2D eigenvalue weighted by molar-refractivity contribution is -0.122. The van der Waals surface area contributed by atoms with Crippen LogP contribution < -0.4 is 10.1 Å². The molecule has 0 aliphatic rings. The van der Waals surface area contributed by atoms with Crippen molar-refractivity contribution in [2.75, 3.05) is 5.32 Å². The van der Waals surface area contributed by atoms with Crippen LogP contribution in [0.15, 0.2) is 42.5 Å². The minimum absolute atomic E-state index is 0.210. The summed E-state index contributed by atoms with van der Waals surface area (Å²) in [6.45, 7) is 5.62. The van der Waals surface area contributed by atoms with Gasteiger partial charge in [-0.25, -0.2) is 0 Å². The predicted molar refractivity (Wildman–Crippen MR) is 85.8 cm³/mol. The highest BCUT2D eigenvalue weighted by molar-refractivity contribution is 5.94. The highest BCUT2D eigenvalue weighted by Crippen LogP contribution is 2.18. The van der Waals surface area contributed by atoms with Crippen molar-refractivity contribution >= 4 is 11.6 Å². The molecule has 0 heterocycles. The van der Waals surface area contributed by atoms with Gasteiger partial charge in [0.25, 0.3) is 5.91 Å². The molecule has 22 heavy (non-hydrogen) atoms. The second kappa shape index (κ2) is 6.77. The number of amides is 1. The number of anilines is 1. The van der Waals surface area contributed by atoms with Crippen LogP contribution in [-0.4, -0.2) is 12.0 Å². The smallest absolute Gasteiger partial charge is 0.265 e. The van der Waals surface area contributed by atoms with Gasteiger partial charge in [-0.1, -0.05) is 12.1 Å². The number of carbonyl (C=O) groups is 1. The van der Waals surface area contributed by atoms with E-state index >= 15 is 0 Å². The fraction of sp³-hybridized carbons (Fsp3) is 0.222. The number of benzene rings is 2. The molecular weight excluding hydrogens is 276 g/mol. The molecule has 0 aliphatic carbocycles. The van der Waals surface area contributed by atoms with Gasteiger partial charge in [-0.05, 0) is 62.2 Å². The second-order valence-corrected chi connectivity index (χ2v) is 5.20. The molecule has 4 nitrogen and oxygen atoms in total. The minimum atomic E-state index is -0.632. The van der Waals surface area contributed by atoms with E-state index in [9.17, 15) is 4.79 Å². The number of aryl methyl sites for hydroxylation is 2. The van der Waals surface area contributed by atoms with Crippen LogP contribution in [0.3, 0.4) is 0 Å². The standard InChI is InChI=1S/C18H18N2O2/c1-12-4-5-13(2)17(10-12)20-18(21)14(3)22-16-8-6-15(11-19)7-9-16/h4-10,14H,1-3H3,(H,20,21). The minimum Gasteiger partial charge on any atom is -0.481 e. The van der Waals surface area contributed by atoms with E-state index in [-0.39, 0.29) is 5.91 Å². The summed E-state index contributed by atoms with van der Waals surface area (Å²) in [6, 6.07) is 14.6. The number of nitrogens with one attached hydrogen (secondary N) is 1. The lowest BCUT2D eigenvalue weighted by Crippen LogP contribution is -2.30. The predicted octanol–water partition coefficient (Wildman–Crippen LogP) is 3.58. The van der Waals surface area contributed by atoms with Crippen LogP contribution in [0.4, 0.5) is 5.69 Å². The zero-order chi connectivity index (χ0) is 16.1. The summed E-state index contributed by atoms with van der Waals surface area (Å²) in [5.74, 6) is 0.348. The van der Waals surface area contributed by atoms with Crippen LogP contribution in [0.25, 0.3) is 0 Å². The summed E-state index contributed by atoms with van der Waals surface area (Å²) < 4.78 is 5.60. The largest absolute Gasteiger partial charge is 0.481 e. The first kappa shape index (κ1) is 15.6. The molecule has 1 unspecified atom stereocenters. The molecule has 0 radical (unpaired) electrons. The first-order valence-corrected chi connectivity index (χ1v) is 7.04. The maximum Gasteiger partial charge on any atom is 0.265 e. The van der Waals surface area contributed by atoms with E-state index in [1.165, 1.54) is 0 Å². The summed E-state index contributed by atoms with van der Waals surface area (Å²) in [5, 5.41) is 11.6. The third kappa shape index (κ3) is 3.86. The Bertz CT molecular complexity index is 715. The molecule has 0 aliphatic heterocycles. The van der Waals surface area contributed by atoms with Gasteiger partial charge < -0.3 is 10.1 Å². The molecule has 4 heteroatoms. The van der Waals surface area contributed by atoms with Crippen molar-refractivity contribution in [2.24, 2.45) is 0 Å². The average Bonchev–Trinajstić information content (AvgIpc) is 2.51. The lowest BCUT2D eigenvalue weighted by Gasteiger charge is -2.16. The Kier molecular flexibility index (Phi) is 4.80. The van der Waals surface area contributed by atoms with Gasteiger partial charge in [0.15, 0.2) is 6.10 Å². The second-order valence-electron chi connectivity index (χ2n) is 5.20. The van der Waals surface area contributed by atoms with Crippen molar-refractivity contribution < 1.29 is 9.53 Å². The quantitative estimate of drug-likeness (QED) is 0.937. The van der Waals surface area contributed by atoms with Crippen molar-refractivity contribution in [3.8, 4) is 11.8 Å². The van der Waals surface area contributed by atoms with E-state index < -0.39 is 6.10 Å². The number of carbonyl (C=O) groups excluding carboxylic acids is 1. The Balaban J connectivity index is 2.02. The number of nitrogens with zero attached hydrogens (tertiary/aromatic N) is 1. The molecule has 1 N–H and O–H groups in total. The van der Waals surface area contributed by atoms with Gasteiger partial charge in [0, 0.05) is 5.69 Å². The molecule has 0 aromatic heterocycles. The topological polar surface area (TPSA) is 62.1 Å². The molecule has 2 aromatic rings. The van der Waals surface area contributed by atoms with Gasteiger partial charge >= 0.3 is 0 Å². The molecule has 0 saturated carbocycles. The fourth-order valence-electron chi connectivity index (χ4n) is 1.97. The third-order valence-corrected chi connectivity index (χ3v) is 3.32. The van der Waals surface area contributed by atoms with E-state index in [1.807, 2.05) is 38.1 Å². The van der Waals surface area contributed by atoms with Crippen LogP contribution in [-0.2, 0) is 4.79 Å². The monoisotopic (exact) mass is 294 g/mol. The van der Waals surface area contributed by atoms with E-state index in [2.05, 4.69) is 5.32 Å². The van der Waals surface area contributed by atoms with E-state index in [1.54, 1.807) is 31.2 Å². The number of nitriles is 1. The summed E-state index contributed by atoms with van der Waals surface area (Å²) >= 11 is 0. The van der Waals surface area contributed by atoms with Crippen molar-refractivity contribution in [3.63, 3.8) is 0 Å². The van der Waals surface area contributed by atoms with Crippen LogP contribution in [0.2, 0.25) is 0 Å². The van der Waals surface area contributed by atoms with E-state index in [0.29, 0.717) is 11.3 Å². The van der Waals surface area contributed by atoms with Gasteiger partial charge in [-0.15, -0.1) is 0 Å². The molecule has 2 aromatic carbocycles. The average molecular weight is 294 g/mol. The van der Waals surface area contributed by atoms with E-state index in [0.717, 1.165) is 16.8 Å². The maximum absolute atomic E-state index is 12.2. The third-order valence-electron chi connectivity index (χ3n) is 3.32. The van der Waals surface area contributed by atoms with Crippen molar-refractivity contribution in [1.29, 1.82) is 5.26 Å². The molecular formula is C18H18N2O2. The lowest BCUT2D eigenvalue weighted by atomic mass is 10.1. The van der Waals surface area contributed by atoms with Gasteiger partial charge in [0.1, 0.15) is 5.75 Å². The highest BCUT2D eigenvalue weighted by Gasteiger charge is 2.15. The Morgan fingerprint density at radius 3 is 2.50 bits per heavy atom. The van der Waals surface area contributed by atoms with Crippen LogP contribution in [0, 0.1) is 25.2 Å². The Hall–Kier alpha value is -2.80. The van der Waals surface area contributed by atoms with Crippen LogP contribution in [0.1, 0.15) is 23.6 Å². The number of ether oxygens (including phenoxy) is 1. The molecule has 1 atom stereocenters. The summed E-state index contributed by atoms with van der Waals surface area (Å²) in [5.41, 5.74) is 3.44. The van der Waals surface area contributed by atoms with Crippen LogP contribution >= 0.6 is 0 Å². The molecule has 0 saturated heterocycles. The van der Waals surface area contributed by atoms with Gasteiger partial charge in [0.05, 0.1) is 11.6 Å². The molecule has 2 rings (SSSR count). The SMILES string of the molecule is Cc1ccc(C)c(NC(=O)C(C)Oc2ccc(C#N)cc2)c1. The maximum atomic E-state index is 12.2. The molecule has 1 amide bonds. The summed E-state index contributed by atoms with van der Waals surface area (Å²) in [4.78, 5) is 12.2. The Morgan fingerprint density at radius 1 is 1.18 bits per heavy atom. The van der Waals surface area contributed by atoms with Crippen molar-refractivity contribution in [2.45, 2.75) is 26.9 Å². The zero-order valence-electron chi connectivity index (χ0n) is 12.9. The van der Waals surface area contributed by atoms with Crippen molar-refractivity contribution in [1.82, 2.24) is 0 Å². The number of hydrogen-bond acceptors (Lipinski definition) is 3. The Labute approximate surface area is 130 Å². The normalized spacial score (nSPS) is 11.4. The molecule has 112 valence electrons. The number of hydrogen-bond donors (Lipinski definition) is 1. The highest BCUT2D eigenvalue weighted by atomic mass is 16.5. The van der Waals surface area contributed by atoms with Gasteiger partial charge in [0.2, 0.25) is 0 Å². The first-order chi connectivity index (χ1) is 10.5. The van der Waals surface area contributed by atoms with Crippen molar-refractivity contribution in [3.05, 3.63) is 59.2 Å². The van der Waals surface area contributed by atoms with Gasteiger partial charge in [-0.3, -0.25) is 4.79 Å². The number of rotatable bonds is 4.